The highest BCUT2D eigenvalue weighted by Crippen LogP contribution is 2.68. The summed E-state index contributed by atoms with van der Waals surface area (Å²) in [4.78, 5) is 12.3. The average molecular weight is 531 g/mol. The highest BCUT2D eigenvalue weighted by Gasteiger charge is 2.60. The minimum atomic E-state index is 0.241. The fourth-order valence-electron chi connectivity index (χ4n) is 10.2. The summed E-state index contributed by atoms with van der Waals surface area (Å²) in [5, 5.41) is 10.6. The Hall–Kier alpha value is -0.650. The first-order chi connectivity index (χ1) is 18.2. The third-order valence-electron chi connectivity index (χ3n) is 12.2. The molecule has 4 aliphatic carbocycles. The summed E-state index contributed by atoms with van der Waals surface area (Å²) >= 11 is 0. The molecule has 9 atom stereocenters. The van der Waals surface area contributed by atoms with Crippen LogP contribution in [-0.4, -0.2) is 44.2 Å². The van der Waals surface area contributed by atoms with Crippen molar-refractivity contribution >= 4 is 5.91 Å². The number of fused-ring (bicyclic) bond motifs is 5. The fraction of sp³-hybridized carbons (Fsp3) is 0.970. The third kappa shape index (κ3) is 6.62. The van der Waals surface area contributed by atoms with Gasteiger partial charge in [-0.2, -0.15) is 0 Å². The maximum absolute atomic E-state index is 12.3. The van der Waals surface area contributed by atoms with Crippen LogP contribution in [0, 0.1) is 46.3 Å². The van der Waals surface area contributed by atoms with Gasteiger partial charge in [-0.05, 0) is 163 Å². The van der Waals surface area contributed by atoms with Crippen LogP contribution >= 0.6 is 0 Å². The van der Waals surface area contributed by atoms with Gasteiger partial charge in [0, 0.05) is 18.5 Å². The zero-order valence-electron chi connectivity index (χ0n) is 25.6. The zero-order chi connectivity index (χ0) is 27.3. The maximum Gasteiger partial charge on any atom is 0.220 e. The molecule has 4 aliphatic rings. The Morgan fingerprint density at radius 2 is 1.63 bits per heavy atom. The maximum atomic E-state index is 12.3. The van der Waals surface area contributed by atoms with Crippen LogP contribution in [-0.2, 0) is 4.79 Å². The standard InChI is InChI=1S/C33H62N4O/c1-23(2)37-31(38)13-8-24(3)28-11-12-29-27-10-9-25-22-26(36-21-7-20-35-19-6-18-34)14-16-32(25,4)30(27)15-17-33(28,29)5/h23-30,35-36H,6-22,34H2,1-5H3,(H,37,38)/t24-,25?,26+,27?,28?,29?,30?,32+,33-/m1/s1. The molecule has 0 heterocycles. The molecule has 0 radical (unpaired) electrons. The second-order valence-electron chi connectivity index (χ2n) is 14.8. The van der Waals surface area contributed by atoms with E-state index in [0.29, 0.717) is 23.2 Å². The van der Waals surface area contributed by atoms with Crippen molar-refractivity contribution in [3.05, 3.63) is 0 Å². The average Bonchev–Trinajstić information content (AvgIpc) is 3.23. The van der Waals surface area contributed by atoms with Crippen LogP contribution in [0.25, 0.3) is 0 Å². The van der Waals surface area contributed by atoms with Gasteiger partial charge in [-0.25, -0.2) is 0 Å². The molecule has 220 valence electrons. The molecule has 1 amide bonds. The van der Waals surface area contributed by atoms with Gasteiger partial charge in [-0.15, -0.1) is 0 Å². The molecule has 0 aromatic carbocycles. The Kier molecular flexibility index (Phi) is 10.6. The van der Waals surface area contributed by atoms with Gasteiger partial charge < -0.3 is 21.7 Å². The van der Waals surface area contributed by atoms with Crippen molar-refractivity contribution in [2.45, 2.75) is 130 Å². The molecule has 4 fully saturated rings. The highest BCUT2D eigenvalue weighted by atomic mass is 16.1. The van der Waals surface area contributed by atoms with Crippen LogP contribution in [0.2, 0.25) is 0 Å². The molecule has 5 heteroatoms. The quantitative estimate of drug-likeness (QED) is 0.225. The summed E-state index contributed by atoms with van der Waals surface area (Å²) in [6.45, 7) is 16.0. The van der Waals surface area contributed by atoms with E-state index in [1.54, 1.807) is 0 Å². The van der Waals surface area contributed by atoms with Gasteiger partial charge in [0.1, 0.15) is 0 Å². The summed E-state index contributed by atoms with van der Waals surface area (Å²) in [7, 11) is 0. The molecule has 0 aromatic heterocycles. The van der Waals surface area contributed by atoms with E-state index in [1.807, 2.05) is 0 Å². The number of rotatable bonds is 13. The topological polar surface area (TPSA) is 79.2 Å². The summed E-state index contributed by atoms with van der Waals surface area (Å²) < 4.78 is 0. The first-order valence-corrected chi connectivity index (χ1v) is 16.6. The van der Waals surface area contributed by atoms with Crippen LogP contribution in [0.4, 0.5) is 0 Å². The van der Waals surface area contributed by atoms with E-state index in [2.05, 4.69) is 50.6 Å². The number of hydrogen-bond acceptors (Lipinski definition) is 4. The minimum Gasteiger partial charge on any atom is -0.354 e. The van der Waals surface area contributed by atoms with Crippen molar-refractivity contribution in [1.29, 1.82) is 0 Å². The highest BCUT2D eigenvalue weighted by molar-refractivity contribution is 5.76. The van der Waals surface area contributed by atoms with Crippen molar-refractivity contribution < 1.29 is 4.79 Å². The van der Waals surface area contributed by atoms with Gasteiger partial charge in [0.25, 0.3) is 0 Å². The Bertz CT molecular complexity index is 757. The van der Waals surface area contributed by atoms with E-state index in [9.17, 15) is 4.79 Å². The fourth-order valence-corrected chi connectivity index (χ4v) is 10.2. The van der Waals surface area contributed by atoms with E-state index in [0.717, 1.165) is 74.7 Å². The second kappa shape index (κ2) is 13.3. The van der Waals surface area contributed by atoms with E-state index in [-0.39, 0.29) is 11.9 Å². The second-order valence-corrected chi connectivity index (χ2v) is 14.8. The molecule has 5 unspecified atom stereocenters. The van der Waals surface area contributed by atoms with Crippen molar-refractivity contribution in [1.82, 2.24) is 16.0 Å². The lowest BCUT2D eigenvalue weighted by molar-refractivity contribution is -0.123. The van der Waals surface area contributed by atoms with Gasteiger partial charge >= 0.3 is 0 Å². The zero-order valence-corrected chi connectivity index (χ0v) is 25.6. The van der Waals surface area contributed by atoms with E-state index in [1.165, 1.54) is 64.2 Å². The van der Waals surface area contributed by atoms with E-state index < -0.39 is 0 Å². The summed E-state index contributed by atoms with van der Waals surface area (Å²) in [5.41, 5.74) is 6.64. The smallest absolute Gasteiger partial charge is 0.220 e. The van der Waals surface area contributed by atoms with Crippen LogP contribution in [0.3, 0.4) is 0 Å². The van der Waals surface area contributed by atoms with Gasteiger partial charge in [0.15, 0.2) is 0 Å². The summed E-state index contributed by atoms with van der Waals surface area (Å²) in [5.74, 6) is 5.42. The molecule has 4 saturated carbocycles. The Morgan fingerprint density at radius 3 is 2.39 bits per heavy atom. The number of nitrogens with one attached hydrogen (secondary N) is 3. The van der Waals surface area contributed by atoms with Crippen LogP contribution in [0.15, 0.2) is 0 Å². The van der Waals surface area contributed by atoms with Gasteiger partial charge in [0.2, 0.25) is 5.91 Å². The van der Waals surface area contributed by atoms with Gasteiger partial charge in [0.05, 0.1) is 0 Å². The van der Waals surface area contributed by atoms with Gasteiger partial charge in [-0.1, -0.05) is 20.8 Å². The number of carbonyl (C=O) groups excluding carboxylic acids is 1. The molecule has 0 aliphatic heterocycles. The van der Waals surface area contributed by atoms with E-state index in [4.69, 9.17) is 5.73 Å². The van der Waals surface area contributed by atoms with Crippen molar-refractivity contribution in [3.63, 3.8) is 0 Å². The summed E-state index contributed by atoms with van der Waals surface area (Å²) in [6.07, 6.45) is 16.9. The van der Waals surface area contributed by atoms with Crippen molar-refractivity contribution in [3.8, 4) is 0 Å². The number of amides is 1. The van der Waals surface area contributed by atoms with Crippen LogP contribution < -0.4 is 21.7 Å². The van der Waals surface area contributed by atoms with Crippen LogP contribution in [0.5, 0.6) is 0 Å². The normalized spacial score (nSPS) is 39.3. The molecule has 5 nitrogen and oxygen atoms in total. The van der Waals surface area contributed by atoms with Crippen LogP contribution in [0.1, 0.15) is 118 Å². The molecule has 5 N–H and O–H groups in total. The Labute approximate surface area is 235 Å². The largest absolute Gasteiger partial charge is 0.354 e. The number of hydrogen-bond donors (Lipinski definition) is 4. The molecule has 0 spiro atoms. The third-order valence-corrected chi connectivity index (χ3v) is 12.2. The number of nitrogens with two attached hydrogens (primary N) is 1. The predicted octanol–water partition coefficient (Wildman–Crippen LogP) is 5.87. The monoisotopic (exact) mass is 530 g/mol. The van der Waals surface area contributed by atoms with Gasteiger partial charge in [-0.3, -0.25) is 4.79 Å². The molecule has 4 rings (SSSR count). The molecule has 0 bridgehead atoms. The molecular formula is C33H62N4O. The number of carbonyl (C=O) groups is 1. The molecule has 0 aromatic rings. The summed E-state index contributed by atoms with van der Waals surface area (Å²) in [6, 6.07) is 0.977. The Balaban J connectivity index is 1.28. The predicted molar refractivity (Wildman–Crippen MR) is 160 cm³/mol. The lowest BCUT2D eigenvalue weighted by Crippen LogP contribution is -2.55. The molecule has 38 heavy (non-hydrogen) atoms. The minimum absolute atomic E-state index is 0.241. The first kappa shape index (κ1) is 30.3. The SMILES string of the molecule is CC(C)NC(=O)CC[C@@H](C)C1CCC2C3CCC4C[C@@H](NCCCNCCCN)CC[C@]4(C)C3CC[C@@]21C. The van der Waals surface area contributed by atoms with Crippen molar-refractivity contribution in [2.75, 3.05) is 26.2 Å². The van der Waals surface area contributed by atoms with Crippen molar-refractivity contribution in [2.24, 2.45) is 52.1 Å². The molecule has 0 saturated heterocycles. The molecular weight excluding hydrogens is 468 g/mol. The first-order valence-electron chi connectivity index (χ1n) is 16.6. The van der Waals surface area contributed by atoms with E-state index >= 15 is 0 Å². The lowest BCUT2D eigenvalue weighted by Gasteiger charge is -2.61. The lowest BCUT2D eigenvalue weighted by atomic mass is 9.44. The Morgan fingerprint density at radius 1 is 0.895 bits per heavy atom.